The average molecular weight is 395 g/mol. The lowest BCUT2D eigenvalue weighted by molar-refractivity contribution is 0.0950. The minimum atomic E-state index is -0.295. The van der Waals surface area contributed by atoms with Crippen molar-refractivity contribution in [1.82, 2.24) is 15.5 Å². The van der Waals surface area contributed by atoms with Gasteiger partial charge in [-0.1, -0.05) is 48.1 Å². The number of rotatable bonds is 7. The molecule has 2 aromatic carbocycles. The van der Waals surface area contributed by atoms with E-state index in [9.17, 15) is 9.59 Å². The molecule has 1 aromatic heterocycles. The van der Waals surface area contributed by atoms with Gasteiger partial charge in [0.1, 0.15) is 5.01 Å². The van der Waals surface area contributed by atoms with Crippen LogP contribution in [0.4, 0.5) is 5.69 Å². The van der Waals surface area contributed by atoms with Crippen molar-refractivity contribution in [2.75, 3.05) is 5.32 Å². The summed E-state index contributed by atoms with van der Waals surface area (Å²) in [5.74, 6) is -0.454. The fourth-order valence-electron chi connectivity index (χ4n) is 2.66. The number of hydrogen-bond acceptors (Lipinski definition) is 5. The minimum absolute atomic E-state index is 0.160. The molecule has 144 valence electrons. The third-order valence-corrected chi connectivity index (χ3v) is 5.05. The van der Waals surface area contributed by atoms with E-state index in [4.69, 9.17) is 0 Å². The number of amides is 2. The highest BCUT2D eigenvalue weighted by Gasteiger charge is 2.13. The molecule has 3 rings (SSSR count). The maximum atomic E-state index is 12.3. The van der Waals surface area contributed by atoms with Gasteiger partial charge in [-0.05, 0) is 43.2 Å². The standard InChI is InChI=1S/C21H22N4O2S/c1-3-5-18-24-25-21(28-18)20(27)23-17-10-8-16(9-11-17)19(26)22-13-15-7-4-6-14(2)12-15/h4,6-12H,3,5,13H2,1-2H3,(H,22,26)(H,23,27). The second kappa shape index (κ2) is 9.23. The first-order valence-corrected chi connectivity index (χ1v) is 9.94. The number of benzene rings is 2. The third kappa shape index (κ3) is 5.23. The molecule has 6 nitrogen and oxygen atoms in total. The van der Waals surface area contributed by atoms with Crippen molar-refractivity contribution in [3.63, 3.8) is 0 Å². The van der Waals surface area contributed by atoms with Crippen LogP contribution in [0.25, 0.3) is 0 Å². The molecule has 0 bridgehead atoms. The van der Waals surface area contributed by atoms with Crippen LogP contribution >= 0.6 is 11.3 Å². The first kappa shape index (κ1) is 19.7. The zero-order valence-electron chi connectivity index (χ0n) is 15.9. The predicted octanol–water partition coefficient (Wildman–Crippen LogP) is 3.98. The van der Waals surface area contributed by atoms with Gasteiger partial charge in [0.05, 0.1) is 0 Å². The topological polar surface area (TPSA) is 84.0 Å². The van der Waals surface area contributed by atoms with Gasteiger partial charge in [0, 0.05) is 24.2 Å². The normalized spacial score (nSPS) is 10.5. The lowest BCUT2D eigenvalue weighted by atomic mass is 10.1. The fraction of sp³-hybridized carbons (Fsp3) is 0.238. The summed E-state index contributed by atoms with van der Waals surface area (Å²) >= 11 is 1.30. The predicted molar refractivity (Wildman–Crippen MR) is 111 cm³/mol. The zero-order chi connectivity index (χ0) is 19.9. The van der Waals surface area contributed by atoms with Crippen LogP contribution in [0.1, 0.15) is 49.6 Å². The van der Waals surface area contributed by atoms with Crippen LogP contribution in [-0.2, 0) is 13.0 Å². The number of carbonyl (C=O) groups is 2. The van der Waals surface area contributed by atoms with Crippen molar-refractivity contribution in [1.29, 1.82) is 0 Å². The average Bonchev–Trinajstić information content (AvgIpc) is 3.16. The number of carbonyl (C=O) groups excluding carboxylic acids is 2. The van der Waals surface area contributed by atoms with Crippen molar-refractivity contribution in [2.45, 2.75) is 33.2 Å². The van der Waals surface area contributed by atoms with Crippen LogP contribution in [0.2, 0.25) is 0 Å². The van der Waals surface area contributed by atoms with E-state index in [1.807, 2.05) is 31.2 Å². The number of anilines is 1. The first-order valence-electron chi connectivity index (χ1n) is 9.12. The summed E-state index contributed by atoms with van der Waals surface area (Å²) < 4.78 is 0. The Labute approximate surface area is 168 Å². The molecule has 2 N–H and O–H groups in total. The van der Waals surface area contributed by atoms with Crippen LogP contribution in [0.15, 0.2) is 48.5 Å². The van der Waals surface area contributed by atoms with Crippen LogP contribution < -0.4 is 10.6 Å². The lowest BCUT2D eigenvalue weighted by Gasteiger charge is -2.07. The van der Waals surface area contributed by atoms with Gasteiger partial charge in [0.25, 0.3) is 11.8 Å². The van der Waals surface area contributed by atoms with Crippen molar-refractivity contribution < 1.29 is 9.59 Å². The summed E-state index contributed by atoms with van der Waals surface area (Å²) in [5, 5.41) is 14.8. The molecule has 7 heteroatoms. The molecule has 1 heterocycles. The van der Waals surface area contributed by atoms with Gasteiger partial charge in [0.15, 0.2) is 0 Å². The maximum Gasteiger partial charge on any atom is 0.286 e. The van der Waals surface area contributed by atoms with Crippen LogP contribution in [0, 0.1) is 6.92 Å². The number of aromatic nitrogens is 2. The lowest BCUT2D eigenvalue weighted by Crippen LogP contribution is -2.22. The van der Waals surface area contributed by atoms with Crippen molar-refractivity contribution in [3.05, 3.63) is 75.2 Å². The Morgan fingerprint density at radius 1 is 1.04 bits per heavy atom. The molecule has 0 atom stereocenters. The Hall–Kier alpha value is -3.06. The summed E-state index contributed by atoms with van der Waals surface area (Å²) in [5.41, 5.74) is 3.35. The molecule has 0 aliphatic heterocycles. The van der Waals surface area contributed by atoms with Crippen LogP contribution in [0.3, 0.4) is 0 Å². The highest BCUT2D eigenvalue weighted by Crippen LogP contribution is 2.15. The Balaban J connectivity index is 1.56. The SMILES string of the molecule is CCCc1nnc(C(=O)Nc2ccc(C(=O)NCc3cccc(C)c3)cc2)s1. The highest BCUT2D eigenvalue weighted by molar-refractivity contribution is 7.13. The van der Waals surface area contributed by atoms with E-state index in [-0.39, 0.29) is 11.8 Å². The molecular formula is C21H22N4O2S. The largest absolute Gasteiger partial charge is 0.348 e. The molecule has 0 unspecified atom stereocenters. The van der Waals surface area contributed by atoms with E-state index in [2.05, 4.69) is 27.8 Å². The van der Waals surface area contributed by atoms with E-state index in [0.29, 0.717) is 22.8 Å². The molecule has 0 fully saturated rings. The van der Waals surface area contributed by atoms with E-state index in [1.54, 1.807) is 24.3 Å². The van der Waals surface area contributed by atoms with Crippen molar-refractivity contribution in [3.8, 4) is 0 Å². The first-order chi connectivity index (χ1) is 13.5. The van der Waals surface area contributed by atoms with Gasteiger partial charge >= 0.3 is 0 Å². The molecule has 3 aromatic rings. The number of nitrogens with one attached hydrogen (secondary N) is 2. The second-order valence-corrected chi connectivity index (χ2v) is 7.52. The monoisotopic (exact) mass is 394 g/mol. The smallest absolute Gasteiger partial charge is 0.286 e. The number of hydrogen-bond donors (Lipinski definition) is 2. The molecule has 0 saturated carbocycles. The van der Waals surface area contributed by atoms with Gasteiger partial charge in [-0.15, -0.1) is 10.2 Å². The van der Waals surface area contributed by atoms with E-state index in [0.717, 1.165) is 29.0 Å². The van der Waals surface area contributed by atoms with E-state index < -0.39 is 0 Å². The van der Waals surface area contributed by atoms with Crippen molar-refractivity contribution in [2.24, 2.45) is 0 Å². The highest BCUT2D eigenvalue weighted by atomic mass is 32.1. The number of aryl methyl sites for hydroxylation is 2. The number of nitrogens with zero attached hydrogens (tertiary/aromatic N) is 2. The molecule has 2 amide bonds. The zero-order valence-corrected chi connectivity index (χ0v) is 16.7. The molecule has 0 aliphatic carbocycles. The summed E-state index contributed by atoms with van der Waals surface area (Å²) in [6, 6.07) is 14.8. The van der Waals surface area contributed by atoms with Gasteiger partial charge in [-0.2, -0.15) is 0 Å². The molecular weight excluding hydrogens is 372 g/mol. The van der Waals surface area contributed by atoms with Crippen molar-refractivity contribution >= 4 is 28.8 Å². The third-order valence-electron chi connectivity index (χ3n) is 4.07. The molecule has 0 aliphatic rings. The Kier molecular flexibility index (Phi) is 6.49. The van der Waals surface area contributed by atoms with Gasteiger partial charge < -0.3 is 10.6 Å². The summed E-state index contributed by atoms with van der Waals surface area (Å²) in [4.78, 5) is 24.6. The Bertz CT molecular complexity index is 967. The van der Waals surface area contributed by atoms with E-state index in [1.165, 1.54) is 11.3 Å². The molecule has 0 spiro atoms. The molecule has 0 radical (unpaired) electrons. The molecule has 0 saturated heterocycles. The fourth-order valence-corrected chi connectivity index (χ4v) is 3.49. The summed E-state index contributed by atoms with van der Waals surface area (Å²) in [7, 11) is 0. The van der Waals surface area contributed by atoms with Gasteiger partial charge in [-0.3, -0.25) is 9.59 Å². The minimum Gasteiger partial charge on any atom is -0.348 e. The van der Waals surface area contributed by atoms with Gasteiger partial charge in [0.2, 0.25) is 5.01 Å². The Morgan fingerprint density at radius 2 is 1.82 bits per heavy atom. The van der Waals surface area contributed by atoms with Gasteiger partial charge in [-0.25, -0.2) is 0 Å². The summed E-state index contributed by atoms with van der Waals surface area (Å²) in [6.07, 6.45) is 1.78. The second-order valence-electron chi connectivity index (χ2n) is 6.45. The molecule has 28 heavy (non-hydrogen) atoms. The van der Waals surface area contributed by atoms with Crippen LogP contribution in [0.5, 0.6) is 0 Å². The van der Waals surface area contributed by atoms with E-state index >= 15 is 0 Å². The van der Waals surface area contributed by atoms with Crippen LogP contribution in [-0.4, -0.2) is 22.0 Å². The quantitative estimate of drug-likeness (QED) is 0.635. The Morgan fingerprint density at radius 3 is 2.54 bits per heavy atom. The maximum absolute atomic E-state index is 12.3. The summed E-state index contributed by atoms with van der Waals surface area (Å²) in [6.45, 7) is 4.54.